The molecule has 2 amide bonds. The van der Waals surface area contributed by atoms with Crippen molar-refractivity contribution in [1.82, 2.24) is 5.32 Å². The molecule has 0 radical (unpaired) electrons. The smallest absolute Gasteiger partial charge is 0.319 e. The first-order valence-corrected chi connectivity index (χ1v) is 4.95. The molecule has 0 saturated carbocycles. The van der Waals surface area contributed by atoms with Crippen LogP contribution in [0.2, 0.25) is 0 Å². The number of hydrogen-bond donors (Lipinski definition) is 4. The summed E-state index contributed by atoms with van der Waals surface area (Å²) in [5.74, 6) is 0.0688. The number of phenolic OH excluding ortho intramolecular Hbond substituents is 1. The van der Waals surface area contributed by atoms with Crippen LogP contribution in [0.5, 0.6) is 5.75 Å². The molecule has 16 heavy (non-hydrogen) atoms. The monoisotopic (exact) mass is 223 g/mol. The third-order valence-electron chi connectivity index (χ3n) is 1.77. The molecule has 5 heteroatoms. The zero-order valence-electron chi connectivity index (χ0n) is 9.66. The maximum absolute atomic E-state index is 11.5. The summed E-state index contributed by atoms with van der Waals surface area (Å²) in [5.41, 5.74) is 6.12. The van der Waals surface area contributed by atoms with Crippen LogP contribution >= 0.6 is 0 Å². The molecule has 0 atom stereocenters. The summed E-state index contributed by atoms with van der Waals surface area (Å²) in [6.45, 7) is 5.65. The molecule has 0 spiro atoms. The van der Waals surface area contributed by atoms with Crippen LogP contribution in [0.25, 0.3) is 0 Å². The van der Waals surface area contributed by atoms with E-state index < -0.39 is 0 Å². The van der Waals surface area contributed by atoms with Gasteiger partial charge in [-0.05, 0) is 32.9 Å². The Labute approximate surface area is 94.7 Å². The van der Waals surface area contributed by atoms with E-state index in [4.69, 9.17) is 10.8 Å². The predicted molar refractivity (Wildman–Crippen MR) is 64.4 cm³/mol. The minimum atomic E-state index is -0.329. The van der Waals surface area contributed by atoms with Crippen LogP contribution in [0.3, 0.4) is 0 Å². The van der Waals surface area contributed by atoms with Gasteiger partial charge in [-0.2, -0.15) is 0 Å². The molecule has 0 aliphatic rings. The van der Waals surface area contributed by atoms with E-state index in [0.29, 0.717) is 11.4 Å². The van der Waals surface area contributed by atoms with Gasteiger partial charge in [0.15, 0.2) is 0 Å². The second kappa shape index (κ2) is 4.30. The number of phenols is 1. The molecular formula is C11H17N3O2. The van der Waals surface area contributed by atoms with Crippen molar-refractivity contribution in [3.05, 3.63) is 18.2 Å². The average molecular weight is 223 g/mol. The van der Waals surface area contributed by atoms with Gasteiger partial charge in [-0.25, -0.2) is 4.79 Å². The predicted octanol–water partition coefficient (Wildman–Crippen LogP) is 1.89. The van der Waals surface area contributed by atoms with Gasteiger partial charge in [0.25, 0.3) is 0 Å². The Hall–Kier alpha value is -1.91. The number of benzene rings is 1. The lowest BCUT2D eigenvalue weighted by atomic mass is 10.1. The van der Waals surface area contributed by atoms with Crippen LogP contribution in [0.4, 0.5) is 16.2 Å². The minimum Gasteiger partial charge on any atom is -0.508 e. The number of nitrogens with two attached hydrogens (primary N) is 1. The van der Waals surface area contributed by atoms with Crippen LogP contribution in [-0.4, -0.2) is 16.7 Å². The van der Waals surface area contributed by atoms with Gasteiger partial charge < -0.3 is 21.5 Å². The Morgan fingerprint density at radius 1 is 1.38 bits per heavy atom. The van der Waals surface area contributed by atoms with Gasteiger partial charge in [-0.15, -0.1) is 0 Å². The molecule has 0 aliphatic carbocycles. The van der Waals surface area contributed by atoms with Gasteiger partial charge in [-0.3, -0.25) is 0 Å². The third kappa shape index (κ3) is 3.68. The zero-order valence-corrected chi connectivity index (χ0v) is 9.66. The second-order valence-electron chi connectivity index (χ2n) is 4.60. The highest BCUT2D eigenvalue weighted by atomic mass is 16.3. The van der Waals surface area contributed by atoms with E-state index in [1.54, 1.807) is 6.07 Å². The highest BCUT2D eigenvalue weighted by Gasteiger charge is 2.14. The first kappa shape index (κ1) is 12.2. The quantitative estimate of drug-likeness (QED) is 0.433. The third-order valence-corrected chi connectivity index (χ3v) is 1.77. The van der Waals surface area contributed by atoms with Crippen LogP contribution in [0, 0.1) is 0 Å². The number of carbonyl (C=O) groups excluding carboxylic acids is 1. The van der Waals surface area contributed by atoms with Crippen molar-refractivity contribution < 1.29 is 9.90 Å². The van der Waals surface area contributed by atoms with Gasteiger partial charge in [0.2, 0.25) is 0 Å². The van der Waals surface area contributed by atoms with E-state index in [1.165, 1.54) is 12.1 Å². The lowest BCUT2D eigenvalue weighted by Gasteiger charge is -2.21. The van der Waals surface area contributed by atoms with Crippen molar-refractivity contribution in [2.45, 2.75) is 26.3 Å². The first-order valence-electron chi connectivity index (χ1n) is 4.95. The van der Waals surface area contributed by atoms with E-state index in [1.807, 2.05) is 20.8 Å². The van der Waals surface area contributed by atoms with Gasteiger partial charge in [0, 0.05) is 11.6 Å². The van der Waals surface area contributed by atoms with Crippen molar-refractivity contribution >= 4 is 17.4 Å². The second-order valence-corrected chi connectivity index (χ2v) is 4.60. The van der Waals surface area contributed by atoms with Gasteiger partial charge in [-0.1, -0.05) is 0 Å². The molecular weight excluding hydrogens is 206 g/mol. The number of hydrogen-bond acceptors (Lipinski definition) is 3. The standard InChI is InChI=1S/C11H17N3O2/c1-11(2,3)14-10(16)13-9-5-4-7(15)6-8(9)12/h4-6,15H,12H2,1-3H3,(H2,13,14,16). The van der Waals surface area contributed by atoms with Gasteiger partial charge >= 0.3 is 6.03 Å². The summed E-state index contributed by atoms with van der Waals surface area (Å²) >= 11 is 0. The molecule has 5 nitrogen and oxygen atoms in total. The number of amides is 2. The van der Waals surface area contributed by atoms with Crippen molar-refractivity contribution in [2.75, 3.05) is 11.1 Å². The largest absolute Gasteiger partial charge is 0.508 e. The summed E-state index contributed by atoms with van der Waals surface area (Å²) < 4.78 is 0. The van der Waals surface area contributed by atoms with Crippen molar-refractivity contribution in [2.24, 2.45) is 0 Å². The van der Waals surface area contributed by atoms with Crippen LogP contribution in [0.15, 0.2) is 18.2 Å². The van der Waals surface area contributed by atoms with Crippen LogP contribution in [-0.2, 0) is 0 Å². The lowest BCUT2D eigenvalue weighted by molar-refractivity contribution is 0.244. The van der Waals surface area contributed by atoms with Crippen molar-refractivity contribution in [1.29, 1.82) is 0 Å². The highest BCUT2D eigenvalue weighted by Crippen LogP contribution is 2.23. The molecule has 1 rings (SSSR count). The minimum absolute atomic E-state index is 0.0688. The lowest BCUT2D eigenvalue weighted by Crippen LogP contribution is -2.43. The molecule has 0 heterocycles. The topological polar surface area (TPSA) is 87.4 Å². The SMILES string of the molecule is CC(C)(C)NC(=O)Nc1ccc(O)cc1N. The fraction of sp³-hybridized carbons (Fsp3) is 0.364. The molecule has 0 saturated heterocycles. The number of aromatic hydroxyl groups is 1. The summed E-state index contributed by atoms with van der Waals surface area (Å²) in [6, 6.07) is 4.06. The molecule has 0 aromatic heterocycles. The number of urea groups is 1. The summed E-state index contributed by atoms with van der Waals surface area (Å²) in [4.78, 5) is 11.5. The van der Waals surface area contributed by atoms with Crippen molar-refractivity contribution in [3.63, 3.8) is 0 Å². The van der Waals surface area contributed by atoms with Crippen LogP contribution in [0.1, 0.15) is 20.8 Å². The fourth-order valence-corrected chi connectivity index (χ4v) is 1.16. The first-order chi connectivity index (χ1) is 7.28. The average Bonchev–Trinajstić information content (AvgIpc) is 2.06. The van der Waals surface area contributed by atoms with E-state index in [9.17, 15) is 4.79 Å². The maximum atomic E-state index is 11.5. The Kier molecular flexibility index (Phi) is 3.27. The maximum Gasteiger partial charge on any atom is 0.319 e. The van der Waals surface area contributed by atoms with E-state index in [0.717, 1.165) is 0 Å². The Morgan fingerprint density at radius 3 is 2.50 bits per heavy atom. The van der Waals surface area contributed by atoms with Crippen LogP contribution < -0.4 is 16.4 Å². The fourth-order valence-electron chi connectivity index (χ4n) is 1.16. The number of carbonyl (C=O) groups is 1. The summed E-state index contributed by atoms with van der Waals surface area (Å²) in [7, 11) is 0. The highest BCUT2D eigenvalue weighted by molar-refractivity contribution is 5.93. The summed E-state index contributed by atoms with van der Waals surface area (Å²) in [5, 5.41) is 14.5. The zero-order chi connectivity index (χ0) is 12.3. The Bertz CT molecular complexity index is 397. The normalized spacial score (nSPS) is 10.9. The molecule has 0 bridgehead atoms. The Balaban J connectivity index is 2.70. The molecule has 0 fully saturated rings. The number of anilines is 2. The summed E-state index contributed by atoms with van der Waals surface area (Å²) in [6.07, 6.45) is 0. The van der Waals surface area contributed by atoms with Crippen molar-refractivity contribution in [3.8, 4) is 5.75 Å². The van der Waals surface area contributed by atoms with Gasteiger partial charge in [0.1, 0.15) is 5.75 Å². The number of nitrogen functional groups attached to an aromatic ring is 1. The van der Waals surface area contributed by atoms with E-state index in [2.05, 4.69) is 10.6 Å². The molecule has 0 unspecified atom stereocenters. The van der Waals surface area contributed by atoms with E-state index in [-0.39, 0.29) is 17.3 Å². The number of nitrogens with one attached hydrogen (secondary N) is 2. The van der Waals surface area contributed by atoms with E-state index >= 15 is 0 Å². The van der Waals surface area contributed by atoms with Gasteiger partial charge in [0.05, 0.1) is 11.4 Å². The molecule has 1 aromatic rings. The molecule has 5 N–H and O–H groups in total. The number of rotatable bonds is 1. The molecule has 0 aliphatic heterocycles. The Morgan fingerprint density at radius 2 is 2.00 bits per heavy atom. The molecule has 88 valence electrons. The molecule has 1 aromatic carbocycles.